The van der Waals surface area contributed by atoms with Crippen LogP contribution in [0.5, 0.6) is 0 Å². The van der Waals surface area contributed by atoms with E-state index in [1.807, 2.05) is 0 Å². The summed E-state index contributed by atoms with van der Waals surface area (Å²) in [6.07, 6.45) is 10.2. The second-order valence-corrected chi connectivity index (χ2v) is 9.56. The second kappa shape index (κ2) is 10.4. The molecule has 2 saturated heterocycles. The van der Waals surface area contributed by atoms with E-state index in [9.17, 15) is 4.79 Å². The minimum Gasteiger partial charge on any atom is -0.356 e. The normalized spacial score (nSPS) is 21.6. The molecule has 0 spiro atoms. The van der Waals surface area contributed by atoms with Crippen molar-refractivity contribution in [1.82, 2.24) is 24.4 Å². The van der Waals surface area contributed by atoms with Crippen molar-refractivity contribution in [2.75, 3.05) is 42.9 Å². The summed E-state index contributed by atoms with van der Waals surface area (Å²) < 4.78 is 2.43. The Labute approximate surface area is 202 Å². The van der Waals surface area contributed by atoms with E-state index in [4.69, 9.17) is 4.98 Å². The Kier molecular flexibility index (Phi) is 7.54. The number of amides is 1. The minimum absolute atomic E-state index is 0. The number of nitrogens with zero attached hydrogens (tertiary/aromatic N) is 6. The fraction of sp³-hybridized carbons (Fsp3) is 0.667. The van der Waals surface area contributed by atoms with Crippen molar-refractivity contribution in [2.24, 2.45) is 0 Å². The summed E-state index contributed by atoms with van der Waals surface area (Å²) >= 11 is 0. The highest BCUT2D eigenvalue weighted by atomic mass is 35.5. The van der Waals surface area contributed by atoms with Gasteiger partial charge in [-0.3, -0.25) is 4.79 Å². The van der Waals surface area contributed by atoms with Crippen LogP contribution in [-0.2, 0) is 17.8 Å². The van der Waals surface area contributed by atoms with Crippen LogP contribution >= 0.6 is 12.4 Å². The van der Waals surface area contributed by atoms with Crippen LogP contribution in [0.25, 0.3) is 0 Å². The van der Waals surface area contributed by atoms with Crippen molar-refractivity contribution < 1.29 is 4.79 Å². The zero-order chi connectivity index (χ0) is 22.1. The number of aryl methyl sites for hydroxylation is 1. The van der Waals surface area contributed by atoms with Gasteiger partial charge in [-0.1, -0.05) is 13.8 Å². The molecule has 0 radical (unpaired) electrons. The number of halogens is 1. The third-order valence-electron chi connectivity index (χ3n) is 7.34. The lowest BCUT2D eigenvalue weighted by atomic mass is 9.92. The molecule has 2 aromatic heterocycles. The number of rotatable bonds is 6. The molecule has 0 bridgehead atoms. The van der Waals surface area contributed by atoms with Gasteiger partial charge < -0.3 is 19.7 Å². The SMILES string of the molecule is CCc1cn(CCN2CCCC2)c(C2CCN(c3ncnc4c3C(C)CC(=O)N4)CC2)n1.Cl. The molecule has 0 saturated carbocycles. The summed E-state index contributed by atoms with van der Waals surface area (Å²) in [5.41, 5.74) is 2.30. The summed E-state index contributed by atoms with van der Waals surface area (Å²) in [5, 5.41) is 2.92. The maximum absolute atomic E-state index is 11.9. The van der Waals surface area contributed by atoms with Gasteiger partial charge in [-0.2, -0.15) is 0 Å². The Morgan fingerprint density at radius 1 is 1.09 bits per heavy atom. The largest absolute Gasteiger partial charge is 0.356 e. The molecule has 0 aliphatic carbocycles. The molecule has 5 heterocycles. The number of likely N-dealkylation sites (tertiary alicyclic amines) is 1. The van der Waals surface area contributed by atoms with Gasteiger partial charge in [0.1, 0.15) is 23.8 Å². The zero-order valence-corrected chi connectivity index (χ0v) is 20.6. The fourth-order valence-corrected chi connectivity index (χ4v) is 5.52. The molecule has 3 aliphatic rings. The predicted octanol–water partition coefficient (Wildman–Crippen LogP) is 3.58. The van der Waals surface area contributed by atoms with Crippen LogP contribution in [0.3, 0.4) is 0 Å². The molecular formula is C24H36ClN7O. The monoisotopic (exact) mass is 473 g/mol. The van der Waals surface area contributed by atoms with Crippen molar-refractivity contribution in [3.05, 3.63) is 29.6 Å². The first-order valence-electron chi connectivity index (χ1n) is 12.3. The molecule has 33 heavy (non-hydrogen) atoms. The summed E-state index contributed by atoms with van der Waals surface area (Å²) in [7, 11) is 0. The number of hydrogen-bond acceptors (Lipinski definition) is 6. The summed E-state index contributed by atoms with van der Waals surface area (Å²) in [4.78, 5) is 30.9. The standard InChI is InChI=1S/C24H35N7O.ClH/c1-3-19-15-31(13-12-29-8-4-5-9-29)23(27-19)18-6-10-30(11-7-18)24-21-17(2)14-20(32)28-22(21)25-16-26-24;/h15-18H,3-14H2,1-2H3,(H,25,26,28,32);1H. The Balaban J connectivity index is 0.00000259. The van der Waals surface area contributed by atoms with Gasteiger partial charge in [-0.05, 0) is 51.1 Å². The number of carbonyl (C=O) groups excluding carboxylic acids is 1. The maximum atomic E-state index is 11.9. The van der Waals surface area contributed by atoms with Crippen LogP contribution in [-0.4, -0.2) is 63.0 Å². The molecule has 1 amide bonds. The molecule has 8 nitrogen and oxygen atoms in total. The van der Waals surface area contributed by atoms with Crippen LogP contribution in [0.15, 0.2) is 12.5 Å². The molecule has 180 valence electrons. The predicted molar refractivity (Wildman–Crippen MR) is 132 cm³/mol. The lowest BCUT2D eigenvalue weighted by Gasteiger charge is -2.35. The molecule has 1 atom stereocenters. The molecule has 2 aromatic rings. The zero-order valence-electron chi connectivity index (χ0n) is 19.8. The van der Waals surface area contributed by atoms with E-state index >= 15 is 0 Å². The van der Waals surface area contributed by atoms with Gasteiger partial charge in [-0.15, -0.1) is 12.4 Å². The molecule has 1 unspecified atom stereocenters. The van der Waals surface area contributed by atoms with E-state index in [0.29, 0.717) is 18.2 Å². The van der Waals surface area contributed by atoms with Crippen molar-refractivity contribution in [3.8, 4) is 0 Å². The third-order valence-corrected chi connectivity index (χ3v) is 7.34. The molecule has 2 fully saturated rings. The summed E-state index contributed by atoms with van der Waals surface area (Å²) in [6, 6.07) is 0. The van der Waals surface area contributed by atoms with Crippen molar-refractivity contribution >= 4 is 29.9 Å². The smallest absolute Gasteiger partial charge is 0.226 e. The van der Waals surface area contributed by atoms with Gasteiger partial charge in [0.05, 0.1) is 5.69 Å². The summed E-state index contributed by atoms with van der Waals surface area (Å²) in [5.74, 6) is 3.62. The second-order valence-electron chi connectivity index (χ2n) is 9.56. The average Bonchev–Trinajstić information content (AvgIpc) is 3.47. The van der Waals surface area contributed by atoms with E-state index in [2.05, 4.69) is 49.7 Å². The molecule has 0 aromatic carbocycles. The lowest BCUT2D eigenvalue weighted by Crippen LogP contribution is -2.36. The Morgan fingerprint density at radius 3 is 2.58 bits per heavy atom. The molecule has 3 aliphatic heterocycles. The van der Waals surface area contributed by atoms with E-state index in [-0.39, 0.29) is 24.2 Å². The number of anilines is 2. The maximum Gasteiger partial charge on any atom is 0.226 e. The van der Waals surface area contributed by atoms with Gasteiger partial charge in [0, 0.05) is 50.3 Å². The van der Waals surface area contributed by atoms with Gasteiger partial charge in [-0.25, -0.2) is 15.0 Å². The number of carbonyl (C=O) groups is 1. The van der Waals surface area contributed by atoms with Gasteiger partial charge in [0.15, 0.2) is 0 Å². The highest BCUT2D eigenvalue weighted by Gasteiger charge is 2.31. The van der Waals surface area contributed by atoms with Crippen molar-refractivity contribution in [3.63, 3.8) is 0 Å². The fourth-order valence-electron chi connectivity index (χ4n) is 5.52. The van der Waals surface area contributed by atoms with E-state index in [0.717, 1.165) is 56.8 Å². The van der Waals surface area contributed by atoms with Crippen LogP contribution in [0.1, 0.15) is 74.9 Å². The van der Waals surface area contributed by atoms with Gasteiger partial charge in [0.2, 0.25) is 5.91 Å². The van der Waals surface area contributed by atoms with E-state index < -0.39 is 0 Å². The number of imidazole rings is 1. The molecule has 9 heteroatoms. The van der Waals surface area contributed by atoms with Crippen LogP contribution in [0, 0.1) is 0 Å². The molecule has 5 rings (SSSR count). The first-order chi connectivity index (χ1) is 15.6. The van der Waals surface area contributed by atoms with Crippen LogP contribution in [0.2, 0.25) is 0 Å². The van der Waals surface area contributed by atoms with Crippen molar-refractivity contribution in [1.29, 1.82) is 0 Å². The third kappa shape index (κ3) is 5.01. The van der Waals surface area contributed by atoms with Crippen molar-refractivity contribution in [2.45, 2.75) is 70.8 Å². The number of aromatic nitrogens is 4. The number of hydrogen-bond donors (Lipinski definition) is 1. The van der Waals surface area contributed by atoms with E-state index in [1.165, 1.54) is 37.4 Å². The van der Waals surface area contributed by atoms with Crippen LogP contribution in [0.4, 0.5) is 11.6 Å². The summed E-state index contributed by atoms with van der Waals surface area (Å²) in [6.45, 7) is 10.8. The topological polar surface area (TPSA) is 79.2 Å². The van der Waals surface area contributed by atoms with Gasteiger partial charge >= 0.3 is 0 Å². The first-order valence-corrected chi connectivity index (χ1v) is 12.3. The Bertz CT molecular complexity index is 964. The van der Waals surface area contributed by atoms with E-state index in [1.54, 1.807) is 6.33 Å². The molecular weight excluding hydrogens is 438 g/mol. The Morgan fingerprint density at radius 2 is 1.85 bits per heavy atom. The molecule has 1 N–H and O–H groups in total. The minimum atomic E-state index is 0. The average molecular weight is 474 g/mol. The Hall–Kier alpha value is -2.19. The van der Waals surface area contributed by atoms with Crippen LogP contribution < -0.4 is 10.2 Å². The lowest BCUT2D eigenvalue weighted by molar-refractivity contribution is -0.116. The highest BCUT2D eigenvalue weighted by Crippen LogP contribution is 2.38. The highest BCUT2D eigenvalue weighted by molar-refractivity contribution is 5.94. The number of nitrogens with one attached hydrogen (secondary N) is 1. The quantitative estimate of drug-likeness (QED) is 0.690. The first kappa shape index (κ1) is 24.0. The number of piperidine rings is 1. The van der Waals surface area contributed by atoms with Gasteiger partial charge in [0.25, 0.3) is 0 Å². The number of fused-ring (bicyclic) bond motifs is 1.